The van der Waals surface area contributed by atoms with E-state index in [9.17, 15) is 28.2 Å². The molecule has 7 heteroatoms. The molecule has 0 radical (unpaired) electrons. The third-order valence-corrected chi connectivity index (χ3v) is 3.36. The number of benzene rings is 2. The normalized spacial score (nSPS) is 11.8. The minimum Gasteiger partial charge on any atom is -0.508 e. The molecule has 23 heavy (non-hydrogen) atoms. The summed E-state index contributed by atoms with van der Waals surface area (Å²) in [5, 5.41) is 19.0. The molecule has 0 bridgehead atoms. The predicted molar refractivity (Wildman–Crippen MR) is 76.3 cm³/mol. The maximum atomic E-state index is 12.6. The van der Waals surface area contributed by atoms with Gasteiger partial charge in [0.15, 0.2) is 11.3 Å². The Morgan fingerprint density at radius 3 is 2.26 bits per heavy atom. The van der Waals surface area contributed by atoms with Crippen LogP contribution in [-0.4, -0.2) is 10.2 Å². The van der Waals surface area contributed by atoms with Gasteiger partial charge in [0.05, 0.1) is 16.5 Å². The Morgan fingerprint density at radius 2 is 1.65 bits per heavy atom. The molecule has 0 unspecified atom stereocenters. The third-order valence-electron chi connectivity index (χ3n) is 3.36. The van der Waals surface area contributed by atoms with Crippen molar-refractivity contribution in [3.8, 4) is 22.6 Å². The molecule has 0 spiro atoms. The number of phenols is 2. The second-order valence-corrected chi connectivity index (χ2v) is 4.90. The molecule has 0 fully saturated rings. The van der Waals surface area contributed by atoms with Crippen LogP contribution in [0.5, 0.6) is 11.5 Å². The standard InChI is InChI=1S/C16H9F3O4/c17-16(18,19)9-3-1-8(2-4-9)12-7-23-15-11(14(12)22)5-10(20)6-13(15)21/h1-7,20-21H. The van der Waals surface area contributed by atoms with Gasteiger partial charge in [-0.25, -0.2) is 0 Å². The van der Waals surface area contributed by atoms with Crippen molar-refractivity contribution in [3.63, 3.8) is 0 Å². The van der Waals surface area contributed by atoms with Crippen molar-refractivity contribution >= 4 is 11.0 Å². The van der Waals surface area contributed by atoms with E-state index >= 15 is 0 Å². The van der Waals surface area contributed by atoms with E-state index in [0.29, 0.717) is 0 Å². The van der Waals surface area contributed by atoms with Crippen LogP contribution in [-0.2, 0) is 6.18 Å². The Morgan fingerprint density at radius 1 is 1.00 bits per heavy atom. The zero-order valence-electron chi connectivity index (χ0n) is 11.4. The van der Waals surface area contributed by atoms with Gasteiger partial charge in [-0.1, -0.05) is 12.1 Å². The van der Waals surface area contributed by atoms with E-state index in [4.69, 9.17) is 4.42 Å². The van der Waals surface area contributed by atoms with E-state index in [2.05, 4.69) is 0 Å². The first-order chi connectivity index (χ1) is 10.8. The van der Waals surface area contributed by atoms with Crippen molar-refractivity contribution in [2.75, 3.05) is 0 Å². The van der Waals surface area contributed by atoms with Crippen molar-refractivity contribution in [1.82, 2.24) is 0 Å². The van der Waals surface area contributed by atoms with Crippen LogP contribution in [0.1, 0.15) is 5.56 Å². The molecular weight excluding hydrogens is 313 g/mol. The minimum absolute atomic E-state index is 0.0243. The average molecular weight is 322 g/mol. The van der Waals surface area contributed by atoms with Gasteiger partial charge in [-0.2, -0.15) is 13.2 Å². The molecular formula is C16H9F3O4. The number of fused-ring (bicyclic) bond motifs is 1. The van der Waals surface area contributed by atoms with Crippen LogP contribution in [0.3, 0.4) is 0 Å². The molecule has 3 rings (SSSR count). The van der Waals surface area contributed by atoms with Crippen LogP contribution in [0.4, 0.5) is 13.2 Å². The Bertz CT molecular complexity index is 940. The molecule has 118 valence electrons. The summed E-state index contributed by atoms with van der Waals surface area (Å²) in [6, 6.07) is 6.17. The molecule has 2 N–H and O–H groups in total. The van der Waals surface area contributed by atoms with Crippen LogP contribution >= 0.6 is 0 Å². The van der Waals surface area contributed by atoms with E-state index < -0.39 is 22.9 Å². The Labute approximate surface area is 127 Å². The van der Waals surface area contributed by atoms with E-state index in [-0.39, 0.29) is 27.8 Å². The fourth-order valence-electron chi connectivity index (χ4n) is 2.25. The maximum Gasteiger partial charge on any atom is 0.416 e. The first kappa shape index (κ1) is 15.0. The topological polar surface area (TPSA) is 70.7 Å². The van der Waals surface area contributed by atoms with Crippen LogP contribution in [0.2, 0.25) is 0 Å². The lowest BCUT2D eigenvalue weighted by Gasteiger charge is -2.08. The fraction of sp³-hybridized carbons (Fsp3) is 0.0625. The molecule has 0 aliphatic heterocycles. The lowest BCUT2D eigenvalue weighted by Crippen LogP contribution is -2.06. The van der Waals surface area contributed by atoms with Gasteiger partial charge in [0.25, 0.3) is 0 Å². The molecule has 1 heterocycles. The van der Waals surface area contributed by atoms with Crippen LogP contribution < -0.4 is 5.43 Å². The molecule has 1 aromatic heterocycles. The summed E-state index contributed by atoms with van der Waals surface area (Å²) >= 11 is 0. The number of aromatic hydroxyl groups is 2. The molecule has 0 amide bonds. The van der Waals surface area contributed by atoms with Crippen LogP contribution in [0.25, 0.3) is 22.1 Å². The lowest BCUT2D eigenvalue weighted by atomic mass is 10.0. The summed E-state index contributed by atoms with van der Waals surface area (Å²) in [7, 11) is 0. The second-order valence-electron chi connectivity index (χ2n) is 4.90. The Kier molecular flexibility index (Phi) is 3.28. The van der Waals surface area contributed by atoms with E-state index in [1.165, 1.54) is 0 Å². The number of phenolic OH excluding ortho intramolecular Hbond substituents is 2. The highest BCUT2D eigenvalue weighted by molar-refractivity contribution is 5.87. The first-order valence-electron chi connectivity index (χ1n) is 6.42. The van der Waals surface area contributed by atoms with Gasteiger partial charge in [-0.15, -0.1) is 0 Å². The third kappa shape index (κ3) is 2.61. The van der Waals surface area contributed by atoms with Crippen molar-refractivity contribution in [2.24, 2.45) is 0 Å². The van der Waals surface area contributed by atoms with Crippen molar-refractivity contribution in [2.45, 2.75) is 6.18 Å². The van der Waals surface area contributed by atoms with Gasteiger partial charge >= 0.3 is 6.18 Å². The molecule has 2 aromatic carbocycles. The quantitative estimate of drug-likeness (QED) is 0.713. The molecule has 0 saturated carbocycles. The predicted octanol–water partition coefficient (Wildman–Crippen LogP) is 3.89. The van der Waals surface area contributed by atoms with Crippen molar-refractivity contribution in [3.05, 3.63) is 58.4 Å². The van der Waals surface area contributed by atoms with Gasteiger partial charge in [-0.3, -0.25) is 4.79 Å². The summed E-state index contributed by atoms with van der Waals surface area (Å²) in [5.74, 6) is -0.733. The van der Waals surface area contributed by atoms with Gasteiger partial charge in [0.1, 0.15) is 12.0 Å². The zero-order valence-corrected chi connectivity index (χ0v) is 11.4. The Hall–Kier alpha value is -2.96. The smallest absolute Gasteiger partial charge is 0.416 e. The van der Waals surface area contributed by atoms with Crippen molar-refractivity contribution in [1.29, 1.82) is 0 Å². The lowest BCUT2D eigenvalue weighted by molar-refractivity contribution is -0.137. The van der Waals surface area contributed by atoms with Gasteiger partial charge < -0.3 is 14.6 Å². The number of alkyl halides is 3. The summed E-state index contributed by atoms with van der Waals surface area (Å²) in [5.41, 5.74) is -1.25. The highest BCUT2D eigenvalue weighted by atomic mass is 19.4. The molecule has 4 nitrogen and oxygen atoms in total. The fourth-order valence-corrected chi connectivity index (χ4v) is 2.25. The summed E-state index contributed by atoms with van der Waals surface area (Å²) in [6.45, 7) is 0. The number of halogens is 3. The number of rotatable bonds is 1. The van der Waals surface area contributed by atoms with E-state index in [1.54, 1.807) is 0 Å². The first-order valence-corrected chi connectivity index (χ1v) is 6.42. The van der Waals surface area contributed by atoms with Gasteiger partial charge in [-0.05, 0) is 23.8 Å². The molecule has 0 aliphatic carbocycles. The molecule has 0 saturated heterocycles. The highest BCUT2D eigenvalue weighted by Gasteiger charge is 2.30. The summed E-state index contributed by atoms with van der Waals surface area (Å²) in [6.07, 6.45) is -3.41. The Balaban J connectivity index is 2.18. The largest absolute Gasteiger partial charge is 0.508 e. The zero-order chi connectivity index (χ0) is 16.8. The van der Waals surface area contributed by atoms with Gasteiger partial charge in [0, 0.05) is 6.07 Å². The molecule has 0 atom stereocenters. The minimum atomic E-state index is -4.47. The van der Waals surface area contributed by atoms with E-state index in [0.717, 1.165) is 42.7 Å². The maximum absolute atomic E-state index is 12.6. The average Bonchev–Trinajstić information content (AvgIpc) is 2.47. The summed E-state index contributed by atoms with van der Waals surface area (Å²) < 4.78 is 42.9. The monoisotopic (exact) mass is 322 g/mol. The van der Waals surface area contributed by atoms with Crippen LogP contribution in [0.15, 0.2) is 51.9 Å². The van der Waals surface area contributed by atoms with Crippen LogP contribution in [0, 0.1) is 0 Å². The molecule has 0 aliphatic rings. The number of hydrogen-bond acceptors (Lipinski definition) is 4. The SMILES string of the molecule is O=c1c(-c2ccc(C(F)(F)F)cc2)coc2c(O)cc(O)cc12. The summed E-state index contributed by atoms with van der Waals surface area (Å²) in [4.78, 5) is 12.4. The number of hydrogen-bond donors (Lipinski definition) is 2. The van der Waals surface area contributed by atoms with E-state index in [1.807, 2.05) is 0 Å². The van der Waals surface area contributed by atoms with Crippen molar-refractivity contribution < 1.29 is 27.8 Å². The molecule has 3 aromatic rings. The van der Waals surface area contributed by atoms with Gasteiger partial charge in [0.2, 0.25) is 5.43 Å². The highest BCUT2D eigenvalue weighted by Crippen LogP contribution is 2.32. The second kappa shape index (κ2) is 5.05.